The van der Waals surface area contributed by atoms with Crippen LogP contribution in [0.5, 0.6) is 5.75 Å². The molecule has 140 valence electrons. The molecule has 0 spiro atoms. The highest BCUT2D eigenvalue weighted by Crippen LogP contribution is 2.24. The molecule has 2 atom stereocenters. The molecule has 0 aliphatic carbocycles. The molecule has 3 heterocycles. The lowest BCUT2D eigenvalue weighted by molar-refractivity contribution is 0.00886. The summed E-state index contributed by atoms with van der Waals surface area (Å²) in [6.07, 6.45) is -0.306. The fourth-order valence-electron chi connectivity index (χ4n) is 3.20. The molecule has 27 heavy (non-hydrogen) atoms. The van der Waals surface area contributed by atoms with Crippen LogP contribution in [0.15, 0.2) is 42.6 Å². The number of fused-ring (bicyclic) bond motifs is 1. The first-order valence-electron chi connectivity index (χ1n) is 8.63. The number of nitrogens with zero attached hydrogens (tertiary/aromatic N) is 3. The molecule has 1 aliphatic rings. The van der Waals surface area contributed by atoms with Gasteiger partial charge in [-0.1, -0.05) is 12.1 Å². The van der Waals surface area contributed by atoms with Crippen LogP contribution in [0.2, 0.25) is 0 Å². The number of methoxy groups -OCH3 is 1. The van der Waals surface area contributed by atoms with E-state index in [1.807, 2.05) is 6.07 Å². The van der Waals surface area contributed by atoms with Crippen molar-refractivity contribution in [1.82, 2.24) is 19.9 Å². The first-order valence-corrected chi connectivity index (χ1v) is 8.63. The molecule has 1 fully saturated rings. The van der Waals surface area contributed by atoms with Gasteiger partial charge in [-0.15, -0.1) is 0 Å². The summed E-state index contributed by atoms with van der Waals surface area (Å²) in [5.41, 5.74) is 1.80. The molecule has 1 saturated heterocycles. The second-order valence-corrected chi connectivity index (χ2v) is 6.33. The Morgan fingerprint density at radius 2 is 2.15 bits per heavy atom. The number of para-hydroxylation sites is 1. The van der Waals surface area contributed by atoms with Gasteiger partial charge in [0.1, 0.15) is 30.5 Å². The van der Waals surface area contributed by atoms with Gasteiger partial charge in [0.15, 0.2) is 5.65 Å². The van der Waals surface area contributed by atoms with Crippen molar-refractivity contribution < 1.29 is 18.7 Å². The van der Waals surface area contributed by atoms with E-state index in [9.17, 15) is 9.18 Å². The predicted molar refractivity (Wildman–Crippen MR) is 96.3 cm³/mol. The number of amides is 1. The summed E-state index contributed by atoms with van der Waals surface area (Å²) in [4.78, 5) is 25.7. The Balaban J connectivity index is 1.41. The number of likely N-dealkylation sites (tertiary alicyclic amines) is 1. The number of benzene rings is 1. The van der Waals surface area contributed by atoms with Crippen LogP contribution in [0.3, 0.4) is 0 Å². The van der Waals surface area contributed by atoms with Gasteiger partial charge in [-0.05, 0) is 24.3 Å². The monoisotopic (exact) mass is 370 g/mol. The van der Waals surface area contributed by atoms with E-state index in [2.05, 4.69) is 15.0 Å². The number of halogens is 1. The second-order valence-electron chi connectivity index (χ2n) is 6.33. The highest BCUT2D eigenvalue weighted by molar-refractivity contribution is 5.97. The maximum Gasteiger partial charge on any atom is 0.257 e. The quantitative estimate of drug-likeness (QED) is 0.746. The molecule has 1 aliphatic heterocycles. The molecule has 8 heteroatoms. The van der Waals surface area contributed by atoms with Crippen LogP contribution in [-0.2, 0) is 11.3 Å². The molecule has 2 aromatic heterocycles. The summed E-state index contributed by atoms with van der Waals surface area (Å²) in [5, 5.41) is 0. The van der Waals surface area contributed by atoms with E-state index in [-0.39, 0.29) is 25.6 Å². The summed E-state index contributed by atoms with van der Waals surface area (Å²) in [6.45, 7) is 0.290. The molecule has 1 amide bonds. The second kappa shape index (κ2) is 7.32. The van der Waals surface area contributed by atoms with Gasteiger partial charge in [-0.3, -0.25) is 4.79 Å². The Morgan fingerprint density at radius 1 is 1.30 bits per heavy atom. The van der Waals surface area contributed by atoms with E-state index in [0.717, 1.165) is 5.52 Å². The standard InChI is InChI=1S/C19H19FN4O3/c1-26-15-7-3-2-5-12(15)19(25)24-9-13(20)16(10-24)27-11-17-22-14-6-4-8-21-18(14)23-17/h2-8,13,16H,9-11H2,1H3,(H,21,22,23). The fourth-order valence-corrected chi connectivity index (χ4v) is 3.20. The molecule has 1 aromatic carbocycles. The average Bonchev–Trinajstić information content (AvgIpc) is 3.28. The minimum atomic E-state index is -1.26. The molecule has 4 rings (SSSR count). The number of alkyl halides is 1. The van der Waals surface area contributed by atoms with E-state index in [4.69, 9.17) is 9.47 Å². The topological polar surface area (TPSA) is 80.3 Å². The van der Waals surface area contributed by atoms with Gasteiger partial charge in [0.05, 0.1) is 31.3 Å². The average molecular weight is 370 g/mol. The lowest BCUT2D eigenvalue weighted by atomic mass is 10.2. The maximum atomic E-state index is 14.4. The summed E-state index contributed by atoms with van der Waals surface area (Å²) in [6, 6.07) is 10.6. The van der Waals surface area contributed by atoms with E-state index in [0.29, 0.717) is 22.8 Å². The highest BCUT2D eigenvalue weighted by atomic mass is 19.1. The van der Waals surface area contributed by atoms with Crippen molar-refractivity contribution in [3.05, 3.63) is 54.0 Å². The molecule has 2 unspecified atom stereocenters. The lowest BCUT2D eigenvalue weighted by Gasteiger charge is -2.17. The number of nitrogens with one attached hydrogen (secondary N) is 1. The lowest BCUT2D eigenvalue weighted by Crippen LogP contribution is -2.30. The number of carbonyl (C=O) groups is 1. The van der Waals surface area contributed by atoms with Gasteiger partial charge in [-0.2, -0.15) is 0 Å². The normalized spacial score (nSPS) is 19.6. The van der Waals surface area contributed by atoms with E-state index in [1.54, 1.807) is 36.5 Å². The van der Waals surface area contributed by atoms with Crippen molar-refractivity contribution in [3.8, 4) is 5.75 Å². The Kier molecular flexibility index (Phi) is 4.72. The number of hydrogen-bond acceptors (Lipinski definition) is 5. The van der Waals surface area contributed by atoms with Crippen molar-refractivity contribution in [2.45, 2.75) is 18.9 Å². The van der Waals surface area contributed by atoms with Crippen molar-refractivity contribution in [2.75, 3.05) is 20.2 Å². The first kappa shape index (κ1) is 17.4. The minimum Gasteiger partial charge on any atom is -0.496 e. The van der Waals surface area contributed by atoms with Crippen molar-refractivity contribution in [2.24, 2.45) is 0 Å². The molecule has 3 aromatic rings. The maximum absolute atomic E-state index is 14.4. The Labute approximate surface area is 155 Å². The highest BCUT2D eigenvalue weighted by Gasteiger charge is 2.37. The predicted octanol–water partition coefficient (Wildman–Crippen LogP) is 2.35. The van der Waals surface area contributed by atoms with Gasteiger partial charge >= 0.3 is 0 Å². The largest absolute Gasteiger partial charge is 0.496 e. The Hall–Kier alpha value is -3.00. The van der Waals surface area contributed by atoms with Crippen LogP contribution in [0, 0.1) is 0 Å². The summed E-state index contributed by atoms with van der Waals surface area (Å²) in [7, 11) is 1.50. The summed E-state index contributed by atoms with van der Waals surface area (Å²) >= 11 is 0. The fraction of sp³-hybridized carbons (Fsp3) is 0.316. The van der Waals surface area contributed by atoms with E-state index >= 15 is 0 Å². The van der Waals surface area contributed by atoms with Gasteiger partial charge in [0, 0.05) is 6.20 Å². The number of imidazole rings is 1. The number of rotatable bonds is 5. The van der Waals surface area contributed by atoms with Gasteiger partial charge in [0.25, 0.3) is 5.91 Å². The van der Waals surface area contributed by atoms with Crippen molar-refractivity contribution in [3.63, 3.8) is 0 Å². The smallest absolute Gasteiger partial charge is 0.257 e. The van der Waals surface area contributed by atoms with Crippen molar-refractivity contribution >= 4 is 17.1 Å². The van der Waals surface area contributed by atoms with Gasteiger partial charge in [0.2, 0.25) is 0 Å². The van der Waals surface area contributed by atoms with Gasteiger partial charge in [-0.25, -0.2) is 14.4 Å². The first-order chi connectivity index (χ1) is 13.2. The van der Waals surface area contributed by atoms with E-state index < -0.39 is 12.3 Å². The third kappa shape index (κ3) is 3.48. The molecule has 0 saturated carbocycles. The molecule has 0 radical (unpaired) electrons. The Bertz CT molecular complexity index is 928. The van der Waals surface area contributed by atoms with Crippen molar-refractivity contribution in [1.29, 1.82) is 0 Å². The Morgan fingerprint density at radius 3 is 2.96 bits per heavy atom. The zero-order valence-electron chi connectivity index (χ0n) is 14.8. The van der Waals surface area contributed by atoms with Crippen LogP contribution in [0.1, 0.15) is 16.2 Å². The number of aromatic nitrogens is 3. The van der Waals surface area contributed by atoms with Crippen LogP contribution in [0.25, 0.3) is 11.2 Å². The van der Waals surface area contributed by atoms with Crippen LogP contribution in [0.4, 0.5) is 4.39 Å². The molecular weight excluding hydrogens is 351 g/mol. The van der Waals surface area contributed by atoms with Crippen LogP contribution >= 0.6 is 0 Å². The molecule has 1 N–H and O–H groups in total. The number of aromatic amines is 1. The zero-order chi connectivity index (χ0) is 18.8. The SMILES string of the molecule is COc1ccccc1C(=O)N1CC(F)C(OCc2nc3ncccc3[nH]2)C1. The molecule has 7 nitrogen and oxygen atoms in total. The third-order valence-electron chi connectivity index (χ3n) is 4.56. The number of ether oxygens (including phenoxy) is 2. The number of H-pyrrole nitrogens is 1. The van der Waals surface area contributed by atoms with Crippen LogP contribution in [-0.4, -0.2) is 58.2 Å². The number of hydrogen-bond donors (Lipinski definition) is 1. The molecular formula is C19H19FN4O3. The van der Waals surface area contributed by atoms with Crippen LogP contribution < -0.4 is 4.74 Å². The molecule has 0 bridgehead atoms. The summed E-state index contributed by atoms with van der Waals surface area (Å²) < 4.78 is 25.3. The minimum absolute atomic E-state index is 0.0107. The summed E-state index contributed by atoms with van der Waals surface area (Å²) in [5.74, 6) is 0.775. The van der Waals surface area contributed by atoms with Gasteiger partial charge < -0.3 is 19.4 Å². The van der Waals surface area contributed by atoms with E-state index in [1.165, 1.54) is 12.0 Å². The zero-order valence-corrected chi connectivity index (χ0v) is 14.8. The number of pyridine rings is 1. The number of carbonyl (C=O) groups excluding carboxylic acids is 1. The third-order valence-corrected chi connectivity index (χ3v) is 4.56.